The number of aryl methyl sites for hydroxylation is 1. The molecule has 1 heterocycles. The zero-order valence-corrected chi connectivity index (χ0v) is 20.7. The van der Waals surface area contributed by atoms with E-state index >= 15 is 0 Å². The monoisotopic (exact) mass is 514 g/mol. The van der Waals surface area contributed by atoms with E-state index in [-0.39, 0.29) is 11.3 Å². The highest BCUT2D eigenvalue weighted by molar-refractivity contribution is 6.06. The number of hydrazine groups is 1. The number of aromatic nitrogens is 1. The summed E-state index contributed by atoms with van der Waals surface area (Å²) in [6, 6.07) is 11.7. The normalized spacial score (nSPS) is 11.8. The summed E-state index contributed by atoms with van der Waals surface area (Å²) in [5, 5.41) is 7.24. The number of rotatable bonds is 10. The first kappa shape index (κ1) is 27.5. The minimum Gasteiger partial charge on any atom is -0.397 e. The van der Waals surface area contributed by atoms with Gasteiger partial charge in [0.1, 0.15) is 0 Å². The number of methoxy groups -OCH3 is 1. The number of amides is 1. The third kappa shape index (κ3) is 7.21. The summed E-state index contributed by atoms with van der Waals surface area (Å²) in [5.41, 5.74) is 11.6. The molecule has 1 aromatic heterocycles. The second kappa shape index (κ2) is 12.2. The van der Waals surface area contributed by atoms with Crippen molar-refractivity contribution in [3.63, 3.8) is 0 Å². The van der Waals surface area contributed by atoms with Crippen molar-refractivity contribution >= 4 is 28.7 Å². The van der Waals surface area contributed by atoms with Crippen molar-refractivity contribution < 1.29 is 22.7 Å². The van der Waals surface area contributed by atoms with Gasteiger partial charge in [-0.2, -0.15) is 13.2 Å². The van der Waals surface area contributed by atoms with Crippen molar-refractivity contribution in [2.45, 2.75) is 13.1 Å². The van der Waals surface area contributed by atoms with Crippen molar-refractivity contribution in [1.82, 2.24) is 10.4 Å². The molecule has 0 spiro atoms. The van der Waals surface area contributed by atoms with E-state index in [9.17, 15) is 18.0 Å². The Kier molecular flexibility index (Phi) is 9.10. The van der Waals surface area contributed by atoms with Crippen molar-refractivity contribution in [2.24, 2.45) is 5.73 Å². The number of nitrogens with two attached hydrogens (primary N) is 1. The van der Waals surface area contributed by atoms with Gasteiger partial charge >= 0.3 is 6.18 Å². The molecule has 0 fully saturated rings. The number of nitrogens with one attached hydrogen (secondary N) is 3. The van der Waals surface area contributed by atoms with Gasteiger partial charge in [0.25, 0.3) is 5.91 Å². The molecule has 0 atom stereocenters. The van der Waals surface area contributed by atoms with Crippen molar-refractivity contribution in [1.29, 1.82) is 0 Å². The Bertz CT molecular complexity index is 1250. The molecule has 11 heteroatoms. The average Bonchev–Trinajstić information content (AvgIpc) is 2.88. The molecular weight excluding hydrogens is 485 g/mol. The lowest BCUT2D eigenvalue weighted by atomic mass is 10.1. The predicted molar refractivity (Wildman–Crippen MR) is 139 cm³/mol. The first-order valence-corrected chi connectivity index (χ1v) is 11.3. The molecule has 0 radical (unpaired) electrons. The lowest BCUT2D eigenvalue weighted by Crippen LogP contribution is -2.31. The smallest absolute Gasteiger partial charge is 0.397 e. The Morgan fingerprint density at radius 1 is 1.14 bits per heavy atom. The topological polar surface area (TPSA) is 105 Å². The van der Waals surface area contributed by atoms with E-state index in [1.165, 1.54) is 13.2 Å². The number of pyridine rings is 1. The zero-order chi connectivity index (χ0) is 27.0. The van der Waals surface area contributed by atoms with Crippen LogP contribution in [0.5, 0.6) is 0 Å². The summed E-state index contributed by atoms with van der Waals surface area (Å²) in [4.78, 5) is 17.2. The zero-order valence-electron chi connectivity index (χ0n) is 20.7. The molecule has 0 aliphatic heterocycles. The van der Waals surface area contributed by atoms with Gasteiger partial charge in [0.15, 0.2) is 0 Å². The van der Waals surface area contributed by atoms with E-state index in [0.29, 0.717) is 35.8 Å². The fourth-order valence-corrected chi connectivity index (χ4v) is 3.47. The van der Waals surface area contributed by atoms with Crippen LogP contribution in [-0.2, 0) is 10.9 Å². The van der Waals surface area contributed by atoms with Gasteiger partial charge in [-0.25, -0.2) is 5.43 Å². The maximum atomic E-state index is 13.3. The Morgan fingerprint density at radius 3 is 2.57 bits per heavy atom. The maximum Gasteiger partial charge on any atom is 0.416 e. The summed E-state index contributed by atoms with van der Waals surface area (Å²) in [7, 11) is 3.21. The Balaban J connectivity index is 1.91. The third-order valence-corrected chi connectivity index (χ3v) is 5.45. The first-order valence-electron chi connectivity index (χ1n) is 11.3. The number of nitrogens with zero attached hydrogens (tertiary/aromatic N) is 2. The molecule has 0 aliphatic rings. The molecule has 2 aromatic carbocycles. The van der Waals surface area contributed by atoms with Crippen LogP contribution in [-0.4, -0.2) is 38.2 Å². The fourth-order valence-electron chi connectivity index (χ4n) is 3.47. The number of anilines is 3. The number of hydrogen-bond acceptors (Lipinski definition) is 7. The van der Waals surface area contributed by atoms with Crippen LogP contribution in [0.3, 0.4) is 0 Å². The molecule has 3 aromatic rings. The maximum absolute atomic E-state index is 13.3. The minimum absolute atomic E-state index is 0.00393. The molecule has 196 valence electrons. The number of alkyl halides is 3. The second-order valence-electron chi connectivity index (χ2n) is 8.05. The van der Waals surface area contributed by atoms with Gasteiger partial charge in [-0.3, -0.25) is 14.8 Å². The van der Waals surface area contributed by atoms with E-state index in [2.05, 4.69) is 21.0 Å². The van der Waals surface area contributed by atoms with Crippen LogP contribution in [0.4, 0.5) is 30.2 Å². The van der Waals surface area contributed by atoms with E-state index in [1.807, 2.05) is 13.0 Å². The van der Waals surface area contributed by atoms with Crippen LogP contribution >= 0.6 is 0 Å². The van der Waals surface area contributed by atoms with E-state index < -0.39 is 17.6 Å². The van der Waals surface area contributed by atoms with E-state index in [4.69, 9.17) is 10.5 Å². The fraction of sp³-hybridized carbons (Fsp3) is 0.231. The summed E-state index contributed by atoms with van der Waals surface area (Å²) in [6.45, 7) is 2.55. The molecule has 8 nitrogen and oxygen atoms in total. The Labute approximate surface area is 213 Å². The number of ether oxygens (including phenoxy) is 1. The highest BCUT2D eigenvalue weighted by atomic mass is 19.4. The molecule has 0 unspecified atom stereocenters. The average molecular weight is 515 g/mol. The molecule has 1 amide bonds. The van der Waals surface area contributed by atoms with Crippen LogP contribution in [0.15, 0.2) is 67.1 Å². The largest absolute Gasteiger partial charge is 0.416 e. The van der Waals surface area contributed by atoms with Crippen LogP contribution in [0.1, 0.15) is 27.0 Å². The molecular formula is C26H29F3N6O2. The van der Waals surface area contributed by atoms with Crippen LogP contribution in [0.2, 0.25) is 0 Å². The van der Waals surface area contributed by atoms with Gasteiger partial charge in [-0.05, 0) is 55.0 Å². The quantitative estimate of drug-likeness (QED) is 0.231. The summed E-state index contributed by atoms with van der Waals surface area (Å²) < 4.78 is 45.0. The minimum atomic E-state index is -4.56. The molecule has 5 N–H and O–H groups in total. The van der Waals surface area contributed by atoms with Crippen molar-refractivity contribution in [3.05, 3.63) is 89.4 Å². The third-order valence-electron chi connectivity index (χ3n) is 5.45. The number of hydrogen-bond donors (Lipinski definition) is 4. The van der Waals surface area contributed by atoms with Gasteiger partial charge in [0.2, 0.25) is 0 Å². The molecule has 37 heavy (non-hydrogen) atoms. The number of carbonyl (C=O) groups is 1. The summed E-state index contributed by atoms with van der Waals surface area (Å²) >= 11 is 0. The van der Waals surface area contributed by atoms with Crippen LogP contribution in [0.25, 0.3) is 5.70 Å². The molecule has 0 aliphatic carbocycles. The van der Waals surface area contributed by atoms with E-state index in [1.54, 1.807) is 54.9 Å². The SMILES string of the molecule is CNN(/C=C(\N)c1cccnc1)c1cc(C(=O)Nc2cc(C(F)(F)F)ccc2NCCOC)ccc1C. The van der Waals surface area contributed by atoms with Crippen LogP contribution < -0.4 is 26.8 Å². The van der Waals surface area contributed by atoms with Crippen LogP contribution in [0, 0.1) is 6.92 Å². The Hall–Kier alpha value is -4.09. The highest BCUT2D eigenvalue weighted by Gasteiger charge is 2.31. The van der Waals surface area contributed by atoms with E-state index in [0.717, 1.165) is 17.7 Å². The number of carbonyl (C=O) groups excluding carboxylic acids is 1. The van der Waals surface area contributed by atoms with Gasteiger partial charge in [-0.15, -0.1) is 0 Å². The highest BCUT2D eigenvalue weighted by Crippen LogP contribution is 2.34. The van der Waals surface area contributed by atoms with Crippen molar-refractivity contribution in [3.8, 4) is 0 Å². The molecule has 0 saturated carbocycles. The Morgan fingerprint density at radius 2 is 1.92 bits per heavy atom. The van der Waals surface area contributed by atoms with Gasteiger partial charge < -0.3 is 21.1 Å². The molecule has 3 rings (SSSR count). The van der Waals surface area contributed by atoms with Gasteiger partial charge in [0, 0.05) is 50.4 Å². The number of halogens is 3. The second-order valence-corrected chi connectivity index (χ2v) is 8.05. The van der Waals surface area contributed by atoms with Gasteiger partial charge in [-0.1, -0.05) is 6.07 Å². The first-order chi connectivity index (χ1) is 17.6. The number of benzene rings is 2. The summed E-state index contributed by atoms with van der Waals surface area (Å²) in [5.74, 6) is -0.573. The van der Waals surface area contributed by atoms with Crippen molar-refractivity contribution in [2.75, 3.05) is 43.0 Å². The summed E-state index contributed by atoms with van der Waals surface area (Å²) in [6.07, 6.45) is 0.368. The lowest BCUT2D eigenvalue weighted by molar-refractivity contribution is -0.137. The standard InChI is InChI=1S/C26H29F3N6O2/c1-17-6-7-18(13-24(17)35(31-2)16-21(30)19-5-4-10-32-15-19)25(36)34-23-14-20(26(27,28)29)8-9-22(23)33-11-12-37-3/h4-10,13-16,31,33H,11-12,30H2,1-3H3,(H,34,36)/b21-16-. The molecule has 0 saturated heterocycles. The molecule has 0 bridgehead atoms. The van der Waals surface area contributed by atoms with Gasteiger partial charge in [0.05, 0.1) is 34.9 Å². The predicted octanol–water partition coefficient (Wildman–Crippen LogP) is 4.62. The lowest BCUT2D eigenvalue weighted by Gasteiger charge is -2.23.